The highest BCUT2D eigenvalue weighted by Crippen LogP contribution is 2.15. The van der Waals surface area contributed by atoms with Crippen molar-refractivity contribution in [1.29, 1.82) is 0 Å². The minimum absolute atomic E-state index is 0.0563. The molecular formula is C15H22F2N2O2. The van der Waals surface area contributed by atoms with E-state index in [4.69, 9.17) is 0 Å². The molecule has 0 saturated carbocycles. The van der Waals surface area contributed by atoms with E-state index in [9.17, 15) is 18.7 Å². The molecule has 1 rings (SSSR count). The number of rotatable bonds is 8. The summed E-state index contributed by atoms with van der Waals surface area (Å²) in [4.78, 5) is 11.5. The third kappa shape index (κ3) is 6.18. The van der Waals surface area contributed by atoms with Crippen LogP contribution in [0.15, 0.2) is 18.2 Å². The topological polar surface area (TPSA) is 61.4 Å². The maximum absolute atomic E-state index is 13.0. The van der Waals surface area contributed by atoms with E-state index in [1.165, 1.54) is 6.07 Å². The summed E-state index contributed by atoms with van der Waals surface area (Å²) in [6, 6.07) is 3.43. The Bertz CT molecular complexity index is 469. The molecule has 0 aliphatic rings. The number of halogens is 2. The lowest BCUT2D eigenvalue weighted by atomic mass is 10.1. The second-order valence-corrected chi connectivity index (χ2v) is 5.02. The summed E-state index contributed by atoms with van der Waals surface area (Å²) in [5.74, 6) is -1.99. The molecule has 118 valence electrons. The number of carbonyl (C=O) groups excluding carboxylic acids is 1. The molecule has 0 radical (unpaired) electrons. The third-order valence-electron chi connectivity index (χ3n) is 3.21. The molecule has 0 saturated heterocycles. The molecule has 6 heteroatoms. The Balaban J connectivity index is 2.29. The molecule has 0 spiro atoms. The molecule has 0 heterocycles. The van der Waals surface area contributed by atoms with Crippen molar-refractivity contribution in [3.05, 3.63) is 35.4 Å². The number of amides is 1. The van der Waals surface area contributed by atoms with Gasteiger partial charge in [0.25, 0.3) is 0 Å². The van der Waals surface area contributed by atoms with E-state index < -0.39 is 17.7 Å². The molecule has 0 aliphatic carbocycles. The number of nitrogens with one attached hydrogen (secondary N) is 2. The number of aliphatic hydroxyl groups excluding tert-OH is 1. The summed E-state index contributed by atoms with van der Waals surface area (Å²) in [6.07, 6.45) is 0.223. The van der Waals surface area contributed by atoms with Gasteiger partial charge in [-0.1, -0.05) is 13.0 Å². The minimum atomic E-state index is -0.987. The van der Waals surface area contributed by atoms with Gasteiger partial charge in [0, 0.05) is 25.6 Å². The lowest BCUT2D eigenvalue weighted by molar-refractivity contribution is -0.121. The van der Waals surface area contributed by atoms with E-state index in [-0.39, 0.29) is 18.5 Å². The van der Waals surface area contributed by atoms with Crippen molar-refractivity contribution in [3.8, 4) is 0 Å². The number of aliphatic hydroxyl groups is 1. The quantitative estimate of drug-likeness (QED) is 0.643. The number of benzene rings is 1. The first kappa shape index (κ1) is 17.5. The van der Waals surface area contributed by atoms with E-state index >= 15 is 0 Å². The van der Waals surface area contributed by atoms with Gasteiger partial charge in [-0.15, -0.1) is 0 Å². The average molecular weight is 300 g/mol. The van der Waals surface area contributed by atoms with Crippen molar-refractivity contribution >= 4 is 5.91 Å². The van der Waals surface area contributed by atoms with Crippen LogP contribution >= 0.6 is 0 Å². The molecule has 0 bridgehead atoms. The molecular weight excluding hydrogens is 278 g/mol. The maximum atomic E-state index is 13.0. The summed E-state index contributed by atoms with van der Waals surface area (Å²) in [6.45, 7) is 4.49. The highest BCUT2D eigenvalue weighted by molar-refractivity contribution is 5.76. The molecule has 1 amide bonds. The summed E-state index contributed by atoms with van der Waals surface area (Å²) in [7, 11) is 0. The van der Waals surface area contributed by atoms with Gasteiger partial charge in [0.1, 0.15) is 0 Å². The highest BCUT2D eigenvalue weighted by Gasteiger charge is 2.11. The summed E-state index contributed by atoms with van der Waals surface area (Å²) in [5, 5.41) is 15.6. The van der Waals surface area contributed by atoms with Crippen LogP contribution in [0.2, 0.25) is 0 Å². The Morgan fingerprint density at radius 1 is 1.33 bits per heavy atom. The second-order valence-electron chi connectivity index (χ2n) is 5.02. The molecule has 4 nitrogen and oxygen atoms in total. The largest absolute Gasteiger partial charge is 0.387 e. The molecule has 0 fully saturated rings. The van der Waals surface area contributed by atoms with Gasteiger partial charge in [-0.3, -0.25) is 4.79 Å². The van der Waals surface area contributed by atoms with Crippen LogP contribution in [-0.2, 0) is 4.79 Å². The van der Waals surface area contributed by atoms with Gasteiger partial charge in [0.2, 0.25) is 5.91 Å². The Kier molecular flexibility index (Phi) is 7.25. The Hall–Kier alpha value is -1.53. The van der Waals surface area contributed by atoms with E-state index in [0.29, 0.717) is 18.5 Å². The number of hydrogen-bond acceptors (Lipinski definition) is 3. The number of hydrogen-bond donors (Lipinski definition) is 3. The van der Waals surface area contributed by atoms with Crippen molar-refractivity contribution < 1.29 is 18.7 Å². The fourth-order valence-electron chi connectivity index (χ4n) is 1.73. The van der Waals surface area contributed by atoms with E-state index in [2.05, 4.69) is 10.6 Å². The van der Waals surface area contributed by atoms with Gasteiger partial charge in [-0.05, 0) is 31.0 Å². The molecule has 21 heavy (non-hydrogen) atoms. The Morgan fingerprint density at radius 3 is 2.67 bits per heavy atom. The van der Waals surface area contributed by atoms with Gasteiger partial charge < -0.3 is 15.7 Å². The molecule has 1 aromatic carbocycles. The van der Waals surface area contributed by atoms with Crippen LogP contribution in [0.1, 0.15) is 38.4 Å². The summed E-state index contributed by atoms with van der Waals surface area (Å²) < 4.78 is 25.8. The third-order valence-corrected chi connectivity index (χ3v) is 3.21. The molecule has 2 atom stereocenters. The smallest absolute Gasteiger partial charge is 0.221 e. The van der Waals surface area contributed by atoms with Crippen LogP contribution in [0.5, 0.6) is 0 Å². The van der Waals surface area contributed by atoms with Crippen LogP contribution in [0, 0.1) is 11.6 Å². The molecule has 0 aliphatic heterocycles. The van der Waals surface area contributed by atoms with Crippen molar-refractivity contribution in [1.82, 2.24) is 10.6 Å². The predicted molar refractivity (Wildman–Crippen MR) is 76.7 cm³/mol. The highest BCUT2D eigenvalue weighted by atomic mass is 19.2. The zero-order valence-corrected chi connectivity index (χ0v) is 12.3. The van der Waals surface area contributed by atoms with Gasteiger partial charge in [-0.2, -0.15) is 0 Å². The van der Waals surface area contributed by atoms with Gasteiger partial charge in [-0.25, -0.2) is 8.78 Å². The fraction of sp³-hybridized carbons (Fsp3) is 0.533. The van der Waals surface area contributed by atoms with Gasteiger partial charge >= 0.3 is 0 Å². The first-order valence-electron chi connectivity index (χ1n) is 7.07. The molecule has 0 aromatic heterocycles. The first-order valence-corrected chi connectivity index (χ1v) is 7.07. The normalized spacial score (nSPS) is 13.8. The van der Waals surface area contributed by atoms with Crippen LogP contribution in [0.3, 0.4) is 0 Å². The second kappa shape index (κ2) is 8.69. The van der Waals surface area contributed by atoms with Crippen LogP contribution < -0.4 is 10.6 Å². The average Bonchev–Trinajstić information content (AvgIpc) is 2.46. The first-order chi connectivity index (χ1) is 9.93. The van der Waals surface area contributed by atoms with Crippen molar-refractivity contribution in [2.75, 3.05) is 13.1 Å². The van der Waals surface area contributed by atoms with Crippen molar-refractivity contribution in [2.24, 2.45) is 0 Å². The monoisotopic (exact) mass is 300 g/mol. The summed E-state index contributed by atoms with van der Waals surface area (Å²) >= 11 is 0. The van der Waals surface area contributed by atoms with E-state index in [1.807, 2.05) is 13.8 Å². The molecule has 2 unspecified atom stereocenters. The maximum Gasteiger partial charge on any atom is 0.221 e. The zero-order valence-electron chi connectivity index (χ0n) is 12.3. The minimum Gasteiger partial charge on any atom is -0.387 e. The van der Waals surface area contributed by atoms with E-state index in [1.54, 1.807) is 0 Å². The Labute approximate surface area is 123 Å². The SMILES string of the molecule is CCC(C)NC(=O)CCNCC(O)c1ccc(F)c(F)c1. The van der Waals surface area contributed by atoms with Crippen LogP contribution in [-0.4, -0.2) is 30.1 Å². The van der Waals surface area contributed by atoms with Crippen molar-refractivity contribution in [3.63, 3.8) is 0 Å². The van der Waals surface area contributed by atoms with Crippen molar-refractivity contribution in [2.45, 2.75) is 38.8 Å². The lowest BCUT2D eigenvalue weighted by Crippen LogP contribution is -2.34. The number of carbonyl (C=O) groups is 1. The van der Waals surface area contributed by atoms with Crippen LogP contribution in [0.4, 0.5) is 8.78 Å². The fourth-order valence-corrected chi connectivity index (χ4v) is 1.73. The standard InChI is InChI=1S/C15H22F2N2O2/c1-3-10(2)19-15(21)6-7-18-9-14(20)11-4-5-12(16)13(17)8-11/h4-5,8,10,14,18,20H,3,6-7,9H2,1-2H3,(H,19,21). The summed E-state index contributed by atoms with van der Waals surface area (Å²) in [5.41, 5.74) is 0.297. The predicted octanol–water partition coefficient (Wildman–Crippen LogP) is 1.89. The van der Waals surface area contributed by atoms with Crippen LogP contribution in [0.25, 0.3) is 0 Å². The zero-order chi connectivity index (χ0) is 15.8. The lowest BCUT2D eigenvalue weighted by Gasteiger charge is -2.14. The molecule has 3 N–H and O–H groups in total. The van der Waals surface area contributed by atoms with Gasteiger partial charge in [0.05, 0.1) is 6.10 Å². The molecule has 1 aromatic rings. The van der Waals surface area contributed by atoms with E-state index in [0.717, 1.165) is 18.6 Å². The van der Waals surface area contributed by atoms with Gasteiger partial charge in [0.15, 0.2) is 11.6 Å². The Morgan fingerprint density at radius 2 is 2.05 bits per heavy atom.